The lowest BCUT2D eigenvalue weighted by molar-refractivity contribution is -0.123. The van der Waals surface area contributed by atoms with E-state index in [-0.39, 0.29) is 24.2 Å². The van der Waals surface area contributed by atoms with Crippen LogP contribution in [-0.2, 0) is 4.79 Å². The molecule has 0 atom stereocenters. The second-order valence-electron chi connectivity index (χ2n) is 4.78. The van der Waals surface area contributed by atoms with Crippen LogP contribution >= 0.6 is 11.6 Å². The first-order chi connectivity index (χ1) is 11.1. The first-order valence-electron chi connectivity index (χ1n) is 7.03. The number of carbonyl (C=O) groups is 2. The van der Waals surface area contributed by atoms with Crippen LogP contribution in [0.5, 0.6) is 5.75 Å². The van der Waals surface area contributed by atoms with Crippen LogP contribution in [0.4, 0.5) is 0 Å². The number of aryl methyl sites for hydroxylation is 1. The molecule has 1 aromatic heterocycles. The fraction of sp³-hybridized carbons (Fsp3) is 0.250. The van der Waals surface area contributed by atoms with Gasteiger partial charge in [-0.3, -0.25) is 9.59 Å². The molecule has 0 bridgehead atoms. The molecule has 0 fully saturated rings. The maximum absolute atomic E-state index is 11.6. The number of hydrogen-bond donors (Lipinski definition) is 2. The summed E-state index contributed by atoms with van der Waals surface area (Å²) in [6, 6.07) is 8.38. The highest BCUT2D eigenvalue weighted by Gasteiger charge is 2.08. The van der Waals surface area contributed by atoms with Crippen LogP contribution in [-0.4, -0.2) is 31.5 Å². The molecule has 122 valence electrons. The van der Waals surface area contributed by atoms with Crippen molar-refractivity contribution in [3.8, 4) is 5.75 Å². The number of benzene rings is 1. The van der Waals surface area contributed by atoms with E-state index in [9.17, 15) is 9.59 Å². The van der Waals surface area contributed by atoms with Gasteiger partial charge in [-0.15, -0.1) is 0 Å². The van der Waals surface area contributed by atoms with Crippen LogP contribution in [0.25, 0.3) is 0 Å². The van der Waals surface area contributed by atoms with E-state index >= 15 is 0 Å². The van der Waals surface area contributed by atoms with E-state index in [4.69, 9.17) is 20.8 Å². The van der Waals surface area contributed by atoms with Crippen molar-refractivity contribution in [1.82, 2.24) is 10.6 Å². The summed E-state index contributed by atoms with van der Waals surface area (Å²) >= 11 is 5.91. The van der Waals surface area contributed by atoms with Gasteiger partial charge in [0.15, 0.2) is 12.4 Å². The van der Waals surface area contributed by atoms with Gasteiger partial charge in [0, 0.05) is 18.1 Å². The Morgan fingerprint density at radius 3 is 2.70 bits per heavy atom. The molecule has 2 rings (SSSR count). The number of halogens is 1. The third kappa shape index (κ3) is 5.34. The van der Waals surface area contributed by atoms with Crippen molar-refractivity contribution in [3.63, 3.8) is 0 Å². The molecule has 0 radical (unpaired) electrons. The van der Waals surface area contributed by atoms with E-state index in [1.165, 1.54) is 6.26 Å². The van der Waals surface area contributed by atoms with Gasteiger partial charge in [0.05, 0.1) is 6.26 Å². The smallest absolute Gasteiger partial charge is 0.287 e. The van der Waals surface area contributed by atoms with Gasteiger partial charge in [0.2, 0.25) is 0 Å². The van der Waals surface area contributed by atoms with Crippen LogP contribution in [0.3, 0.4) is 0 Å². The quantitative estimate of drug-likeness (QED) is 0.759. The van der Waals surface area contributed by atoms with E-state index in [0.29, 0.717) is 23.9 Å². The average molecular weight is 337 g/mol. The molecule has 1 heterocycles. The van der Waals surface area contributed by atoms with Crippen molar-refractivity contribution in [3.05, 3.63) is 52.9 Å². The maximum Gasteiger partial charge on any atom is 0.287 e. The van der Waals surface area contributed by atoms with Crippen LogP contribution in [0.1, 0.15) is 16.1 Å². The minimum Gasteiger partial charge on any atom is -0.484 e. The van der Waals surface area contributed by atoms with E-state index in [1.54, 1.807) is 30.3 Å². The Labute approximate surface area is 138 Å². The molecule has 0 spiro atoms. The summed E-state index contributed by atoms with van der Waals surface area (Å²) in [5, 5.41) is 5.92. The van der Waals surface area contributed by atoms with E-state index in [2.05, 4.69) is 10.6 Å². The molecule has 2 amide bonds. The SMILES string of the molecule is Cc1cc(OCC(=O)NCCNC(=O)c2ccco2)ccc1Cl. The summed E-state index contributed by atoms with van der Waals surface area (Å²) in [5.41, 5.74) is 0.880. The predicted octanol–water partition coefficient (Wildman–Crippen LogP) is 2.17. The molecule has 23 heavy (non-hydrogen) atoms. The lowest BCUT2D eigenvalue weighted by atomic mass is 10.2. The number of furan rings is 1. The summed E-state index contributed by atoms with van der Waals surface area (Å²) in [6.07, 6.45) is 1.42. The summed E-state index contributed by atoms with van der Waals surface area (Å²) < 4.78 is 10.3. The Morgan fingerprint density at radius 1 is 1.22 bits per heavy atom. The number of ether oxygens (including phenoxy) is 1. The van der Waals surface area contributed by atoms with Gasteiger partial charge in [-0.1, -0.05) is 11.6 Å². The molecule has 0 saturated carbocycles. The van der Waals surface area contributed by atoms with Crippen LogP contribution < -0.4 is 15.4 Å². The standard InChI is InChI=1S/C16H17ClN2O4/c1-11-9-12(4-5-13(11)17)23-10-15(20)18-6-7-19-16(21)14-3-2-8-22-14/h2-5,8-9H,6-7,10H2,1H3,(H,18,20)(H,19,21). The van der Waals surface area contributed by atoms with Gasteiger partial charge in [0.1, 0.15) is 5.75 Å². The molecule has 0 aliphatic heterocycles. The number of rotatable bonds is 7. The van der Waals surface area contributed by atoms with E-state index in [1.807, 2.05) is 6.92 Å². The second kappa shape index (κ2) is 8.24. The number of carbonyl (C=O) groups excluding carboxylic acids is 2. The summed E-state index contributed by atoms with van der Waals surface area (Å²) in [7, 11) is 0. The number of hydrogen-bond acceptors (Lipinski definition) is 4. The van der Waals surface area contributed by atoms with Crippen molar-refractivity contribution < 1.29 is 18.7 Å². The molecule has 1 aromatic carbocycles. The minimum absolute atomic E-state index is 0.104. The first-order valence-corrected chi connectivity index (χ1v) is 7.41. The zero-order chi connectivity index (χ0) is 16.7. The fourth-order valence-corrected chi connectivity index (χ4v) is 1.90. The summed E-state index contributed by atoms with van der Waals surface area (Å²) in [6.45, 7) is 2.35. The summed E-state index contributed by atoms with van der Waals surface area (Å²) in [4.78, 5) is 23.2. The highest BCUT2D eigenvalue weighted by atomic mass is 35.5. The zero-order valence-electron chi connectivity index (χ0n) is 12.6. The van der Waals surface area contributed by atoms with E-state index < -0.39 is 0 Å². The first kappa shape index (κ1) is 16.9. The average Bonchev–Trinajstić information content (AvgIpc) is 3.07. The Balaban J connectivity index is 1.63. The third-order valence-corrected chi connectivity index (χ3v) is 3.40. The van der Waals surface area contributed by atoms with Crippen LogP contribution in [0.2, 0.25) is 5.02 Å². The van der Waals surface area contributed by atoms with Gasteiger partial charge in [-0.2, -0.15) is 0 Å². The minimum atomic E-state index is -0.322. The van der Waals surface area contributed by atoms with Gasteiger partial charge in [-0.05, 0) is 42.8 Å². The molecule has 2 N–H and O–H groups in total. The largest absolute Gasteiger partial charge is 0.484 e. The van der Waals surface area contributed by atoms with Crippen molar-refractivity contribution >= 4 is 23.4 Å². The fourth-order valence-electron chi connectivity index (χ4n) is 1.78. The molecule has 7 heteroatoms. The van der Waals surface area contributed by atoms with Gasteiger partial charge < -0.3 is 19.8 Å². The molecule has 0 aliphatic rings. The number of amides is 2. The highest BCUT2D eigenvalue weighted by molar-refractivity contribution is 6.31. The molecular formula is C16H17ClN2O4. The summed E-state index contributed by atoms with van der Waals surface area (Å²) in [5.74, 6) is 0.216. The number of nitrogens with one attached hydrogen (secondary N) is 2. The molecular weight excluding hydrogens is 320 g/mol. The highest BCUT2D eigenvalue weighted by Crippen LogP contribution is 2.20. The Bertz CT molecular complexity index is 671. The predicted molar refractivity (Wildman–Crippen MR) is 85.7 cm³/mol. The van der Waals surface area contributed by atoms with E-state index in [0.717, 1.165) is 5.56 Å². The van der Waals surface area contributed by atoms with Crippen LogP contribution in [0, 0.1) is 6.92 Å². The van der Waals surface area contributed by atoms with Gasteiger partial charge >= 0.3 is 0 Å². The maximum atomic E-state index is 11.6. The Morgan fingerprint density at radius 2 is 2.00 bits per heavy atom. The van der Waals surface area contributed by atoms with Crippen molar-refractivity contribution in [2.45, 2.75) is 6.92 Å². The van der Waals surface area contributed by atoms with Crippen LogP contribution in [0.15, 0.2) is 41.0 Å². The van der Waals surface area contributed by atoms with Crippen molar-refractivity contribution in [2.75, 3.05) is 19.7 Å². The molecule has 6 nitrogen and oxygen atoms in total. The molecule has 0 aliphatic carbocycles. The topological polar surface area (TPSA) is 80.6 Å². The molecule has 0 saturated heterocycles. The normalized spacial score (nSPS) is 10.2. The van der Waals surface area contributed by atoms with Gasteiger partial charge in [-0.25, -0.2) is 0 Å². The van der Waals surface area contributed by atoms with Crippen molar-refractivity contribution in [1.29, 1.82) is 0 Å². The lowest BCUT2D eigenvalue weighted by Gasteiger charge is -2.09. The zero-order valence-corrected chi connectivity index (χ0v) is 13.4. The monoisotopic (exact) mass is 336 g/mol. The van der Waals surface area contributed by atoms with Gasteiger partial charge in [0.25, 0.3) is 11.8 Å². The Hall–Kier alpha value is -2.47. The van der Waals surface area contributed by atoms with Crippen molar-refractivity contribution in [2.24, 2.45) is 0 Å². The molecule has 2 aromatic rings. The lowest BCUT2D eigenvalue weighted by Crippen LogP contribution is -2.36. The Kier molecular flexibility index (Phi) is 6.05. The molecule has 0 unspecified atom stereocenters. The second-order valence-corrected chi connectivity index (χ2v) is 5.19. The third-order valence-electron chi connectivity index (χ3n) is 2.98.